The fourth-order valence-corrected chi connectivity index (χ4v) is 3.15. The Morgan fingerprint density at radius 2 is 1.89 bits per heavy atom. The SMILES string of the molecule is O=Cc1cc(F)c(N2CCN3CCCC3C2)c(F)c1. The summed E-state index contributed by atoms with van der Waals surface area (Å²) in [6, 6.07) is 2.61. The molecule has 0 radical (unpaired) electrons. The zero-order valence-corrected chi connectivity index (χ0v) is 10.6. The highest BCUT2D eigenvalue weighted by molar-refractivity contribution is 5.76. The van der Waals surface area contributed by atoms with Crippen LogP contribution in [0.2, 0.25) is 0 Å². The minimum Gasteiger partial charge on any atom is -0.364 e. The van der Waals surface area contributed by atoms with Crippen molar-refractivity contribution in [2.75, 3.05) is 31.1 Å². The molecule has 3 nitrogen and oxygen atoms in total. The molecule has 19 heavy (non-hydrogen) atoms. The van der Waals surface area contributed by atoms with Crippen molar-refractivity contribution in [3.8, 4) is 0 Å². The van der Waals surface area contributed by atoms with Crippen molar-refractivity contribution in [3.63, 3.8) is 0 Å². The molecule has 2 aliphatic heterocycles. The van der Waals surface area contributed by atoms with Gasteiger partial charge < -0.3 is 4.90 Å². The van der Waals surface area contributed by atoms with E-state index in [0.29, 0.717) is 25.4 Å². The third-order valence-corrected chi connectivity index (χ3v) is 4.08. The molecule has 1 unspecified atom stereocenters. The number of aldehydes is 1. The maximum absolute atomic E-state index is 14.0. The van der Waals surface area contributed by atoms with Crippen molar-refractivity contribution < 1.29 is 13.6 Å². The van der Waals surface area contributed by atoms with E-state index in [2.05, 4.69) is 4.90 Å². The summed E-state index contributed by atoms with van der Waals surface area (Å²) < 4.78 is 27.9. The van der Waals surface area contributed by atoms with Crippen LogP contribution in [0.4, 0.5) is 14.5 Å². The van der Waals surface area contributed by atoms with E-state index in [0.717, 1.165) is 38.1 Å². The summed E-state index contributed by atoms with van der Waals surface area (Å²) in [5.41, 5.74) is 0.0513. The van der Waals surface area contributed by atoms with E-state index in [1.165, 1.54) is 0 Å². The van der Waals surface area contributed by atoms with Crippen LogP contribution < -0.4 is 4.90 Å². The fraction of sp³-hybridized carbons (Fsp3) is 0.500. The summed E-state index contributed by atoms with van der Waals surface area (Å²) in [6.07, 6.45) is 2.71. The molecule has 1 aromatic rings. The highest BCUT2D eigenvalue weighted by Crippen LogP contribution is 2.29. The van der Waals surface area contributed by atoms with Crippen molar-refractivity contribution in [2.45, 2.75) is 18.9 Å². The van der Waals surface area contributed by atoms with Crippen LogP contribution in [-0.2, 0) is 0 Å². The van der Waals surface area contributed by atoms with Crippen molar-refractivity contribution in [2.24, 2.45) is 0 Å². The molecule has 5 heteroatoms. The quantitative estimate of drug-likeness (QED) is 0.766. The predicted molar refractivity (Wildman–Crippen MR) is 68.6 cm³/mol. The molecule has 0 amide bonds. The molecule has 0 aliphatic carbocycles. The summed E-state index contributed by atoms with van der Waals surface area (Å²) >= 11 is 0. The van der Waals surface area contributed by atoms with E-state index in [1.807, 2.05) is 0 Å². The maximum Gasteiger partial charge on any atom is 0.150 e. The van der Waals surface area contributed by atoms with Crippen molar-refractivity contribution in [1.29, 1.82) is 0 Å². The summed E-state index contributed by atoms with van der Waals surface area (Å²) in [6.45, 7) is 3.23. The first-order chi connectivity index (χ1) is 9.19. The number of nitrogens with zero attached hydrogens (tertiary/aromatic N) is 2. The third-order valence-electron chi connectivity index (χ3n) is 4.08. The molecule has 0 N–H and O–H groups in total. The first-order valence-electron chi connectivity index (χ1n) is 6.62. The Morgan fingerprint density at radius 3 is 2.58 bits per heavy atom. The molecular formula is C14H16F2N2O. The van der Waals surface area contributed by atoms with E-state index in [4.69, 9.17) is 0 Å². The van der Waals surface area contributed by atoms with E-state index in [-0.39, 0.29) is 11.3 Å². The standard InChI is InChI=1S/C14H16F2N2O/c15-12-6-10(9-19)7-13(16)14(12)18-5-4-17-3-1-2-11(17)8-18/h6-7,9,11H,1-5,8H2. The average Bonchev–Trinajstić information content (AvgIpc) is 2.85. The second-order valence-corrected chi connectivity index (χ2v) is 5.23. The van der Waals surface area contributed by atoms with Gasteiger partial charge in [0.05, 0.1) is 0 Å². The smallest absolute Gasteiger partial charge is 0.150 e. The van der Waals surface area contributed by atoms with Crippen LogP contribution in [0.3, 0.4) is 0 Å². The number of rotatable bonds is 2. The summed E-state index contributed by atoms with van der Waals surface area (Å²) in [5.74, 6) is -1.29. The summed E-state index contributed by atoms with van der Waals surface area (Å²) in [7, 11) is 0. The zero-order chi connectivity index (χ0) is 13.4. The number of fused-ring (bicyclic) bond motifs is 1. The lowest BCUT2D eigenvalue weighted by molar-refractivity contribution is 0.112. The van der Waals surface area contributed by atoms with E-state index >= 15 is 0 Å². The molecule has 102 valence electrons. The van der Waals surface area contributed by atoms with Crippen molar-refractivity contribution in [3.05, 3.63) is 29.3 Å². The Kier molecular flexibility index (Phi) is 3.22. The predicted octanol–water partition coefficient (Wildman–Crippen LogP) is 2.06. The Labute approximate surface area is 110 Å². The van der Waals surface area contributed by atoms with Gasteiger partial charge in [-0.2, -0.15) is 0 Å². The third kappa shape index (κ3) is 2.23. The second kappa shape index (κ2) is 4.89. The molecule has 0 saturated carbocycles. The number of benzene rings is 1. The van der Waals surface area contributed by atoms with E-state index in [1.54, 1.807) is 4.90 Å². The van der Waals surface area contributed by atoms with Crippen LogP contribution in [0.25, 0.3) is 0 Å². The highest BCUT2D eigenvalue weighted by atomic mass is 19.1. The number of anilines is 1. The summed E-state index contributed by atoms with van der Waals surface area (Å²) in [5, 5.41) is 0. The number of carbonyl (C=O) groups is 1. The van der Waals surface area contributed by atoms with Crippen LogP contribution in [-0.4, -0.2) is 43.4 Å². The molecule has 2 fully saturated rings. The van der Waals surface area contributed by atoms with Crippen LogP contribution in [0.15, 0.2) is 12.1 Å². The molecule has 0 bridgehead atoms. The number of hydrogen-bond donors (Lipinski definition) is 0. The molecule has 0 aromatic heterocycles. The zero-order valence-electron chi connectivity index (χ0n) is 10.6. The van der Waals surface area contributed by atoms with Gasteiger partial charge in [0.25, 0.3) is 0 Å². The van der Waals surface area contributed by atoms with Gasteiger partial charge in [0.2, 0.25) is 0 Å². The van der Waals surface area contributed by atoms with Gasteiger partial charge in [0.1, 0.15) is 23.6 Å². The highest BCUT2D eigenvalue weighted by Gasteiger charge is 2.32. The Hall–Kier alpha value is -1.49. The Bertz CT molecular complexity index is 483. The van der Waals surface area contributed by atoms with Crippen molar-refractivity contribution in [1.82, 2.24) is 4.90 Å². The van der Waals surface area contributed by atoms with Crippen LogP contribution >= 0.6 is 0 Å². The van der Waals surface area contributed by atoms with Gasteiger partial charge in [-0.25, -0.2) is 8.78 Å². The minimum absolute atomic E-state index is 0.0113. The van der Waals surface area contributed by atoms with Gasteiger partial charge in [0.15, 0.2) is 0 Å². The molecule has 1 atom stereocenters. The second-order valence-electron chi connectivity index (χ2n) is 5.23. The lowest BCUT2D eigenvalue weighted by Gasteiger charge is -2.39. The van der Waals surface area contributed by atoms with Crippen molar-refractivity contribution >= 4 is 12.0 Å². The maximum atomic E-state index is 14.0. The van der Waals surface area contributed by atoms with Gasteiger partial charge >= 0.3 is 0 Å². The largest absolute Gasteiger partial charge is 0.364 e. The van der Waals surface area contributed by atoms with Gasteiger partial charge in [-0.15, -0.1) is 0 Å². The minimum atomic E-state index is -0.645. The molecule has 0 spiro atoms. The topological polar surface area (TPSA) is 23.6 Å². The molecule has 3 rings (SSSR count). The molecule has 2 heterocycles. The van der Waals surface area contributed by atoms with E-state index in [9.17, 15) is 13.6 Å². The van der Waals surface area contributed by atoms with E-state index < -0.39 is 11.6 Å². The van der Waals surface area contributed by atoms with Gasteiger partial charge in [0, 0.05) is 31.2 Å². The summed E-state index contributed by atoms with van der Waals surface area (Å²) in [4.78, 5) is 14.7. The molecular weight excluding hydrogens is 250 g/mol. The van der Waals surface area contributed by atoms with Gasteiger partial charge in [-0.05, 0) is 31.5 Å². The molecule has 2 saturated heterocycles. The van der Waals surface area contributed by atoms with Crippen LogP contribution in [0, 0.1) is 11.6 Å². The van der Waals surface area contributed by atoms with Crippen LogP contribution in [0.5, 0.6) is 0 Å². The number of hydrogen-bond acceptors (Lipinski definition) is 3. The van der Waals surface area contributed by atoms with Gasteiger partial charge in [-0.1, -0.05) is 0 Å². The van der Waals surface area contributed by atoms with Crippen LogP contribution in [0.1, 0.15) is 23.2 Å². The first kappa shape index (κ1) is 12.5. The Balaban J connectivity index is 1.88. The number of halogens is 2. The molecule has 1 aromatic carbocycles. The average molecular weight is 266 g/mol. The number of piperazine rings is 1. The lowest BCUT2D eigenvalue weighted by atomic mass is 10.1. The normalized spacial score (nSPS) is 23.5. The van der Waals surface area contributed by atoms with Gasteiger partial charge in [-0.3, -0.25) is 9.69 Å². The first-order valence-corrected chi connectivity index (χ1v) is 6.62. The lowest BCUT2D eigenvalue weighted by Crippen LogP contribution is -2.50. The number of carbonyl (C=O) groups excluding carboxylic acids is 1. The monoisotopic (exact) mass is 266 g/mol. The Morgan fingerprint density at radius 1 is 1.16 bits per heavy atom. The fourth-order valence-electron chi connectivity index (χ4n) is 3.15. The molecule has 2 aliphatic rings.